The molecule has 4 rings (SSSR count). The molecule has 8 heteroatoms. The second-order valence-corrected chi connectivity index (χ2v) is 8.66. The zero-order valence-corrected chi connectivity index (χ0v) is 19.0. The summed E-state index contributed by atoms with van der Waals surface area (Å²) in [6.07, 6.45) is 1.85. The third-order valence-corrected chi connectivity index (χ3v) is 6.95. The lowest BCUT2D eigenvalue weighted by Gasteiger charge is -2.24. The molecule has 2 aromatic heterocycles. The Kier molecular flexibility index (Phi) is 6.60. The summed E-state index contributed by atoms with van der Waals surface area (Å²) in [5, 5.41) is 1.40. The van der Waals surface area contributed by atoms with Crippen LogP contribution in [0.5, 0.6) is 5.75 Å². The van der Waals surface area contributed by atoms with Crippen LogP contribution >= 0.6 is 11.3 Å². The van der Waals surface area contributed by atoms with E-state index in [4.69, 9.17) is 14.2 Å². The molecule has 0 radical (unpaired) electrons. The van der Waals surface area contributed by atoms with Crippen molar-refractivity contribution in [1.29, 1.82) is 0 Å². The van der Waals surface area contributed by atoms with Crippen molar-refractivity contribution in [2.45, 2.75) is 25.8 Å². The number of carbonyl (C=O) groups excluding carboxylic acids is 1. The molecule has 3 heterocycles. The lowest BCUT2D eigenvalue weighted by molar-refractivity contribution is 0.0628. The van der Waals surface area contributed by atoms with Crippen LogP contribution in [-0.2, 0) is 16.5 Å². The Bertz CT molecular complexity index is 1150. The van der Waals surface area contributed by atoms with Gasteiger partial charge in [-0.2, -0.15) is 0 Å². The molecular weight excluding hydrogens is 416 g/mol. The predicted octanol–water partition coefficient (Wildman–Crippen LogP) is 3.42. The summed E-state index contributed by atoms with van der Waals surface area (Å²) in [6.45, 7) is 4.35. The van der Waals surface area contributed by atoms with Crippen molar-refractivity contribution >= 4 is 38.2 Å². The van der Waals surface area contributed by atoms with E-state index < -0.39 is 0 Å². The number of ether oxygens (including phenoxy) is 3. The maximum Gasteiger partial charge on any atom is 0.268 e. The first-order chi connectivity index (χ1) is 15.1. The van der Waals surface area contributed by atoms with E-state index in [9.17, 15) is 9.59 Å². The molecule has 1 saturated heterocycles. The lowest BCUT2D eigenvalue weighted by atomic mass is 10.1. The molecule has 1 unspecified atom stereocenters. The number of hydrogen-bond acceptors (Lipinski definition) is 6. The molecular formula is C23H28N2O5S. The van der Waals surface area contributed by atoms with Gasteiger partial charge in [0.15, 0.2) is 5.75 Å². The number of fused-ring (bicyclic) bond motifs is 3. The zero-order valence-electron chi connectivity index (χ0n) is 18.2. The number of benzene rings is 1. The fourth-order valence-corrected chi connectivity index (χ4v) is 5.49. The highest BCUT2D eigenvalue weighted by Gasteiger charge is 2.34. The number of pyridine rings is 1. The summed E-state index contributed by atoms with van der Waals surface area (Å²) in [7, 11) is 3.40. The summed E-state index contributed by atoms with van der Waals surface area (Å²) in [6, 6.07) is 7.79. The van der Waals surface area contributed by atoms with Crippen molar-refractivity contribution in [1.82, 2.24) is 9.47 Å². The Labute approximate surface area is 185 Å². The van der Waals surface area contributed by atoms with Gasteiger partial charge in [-0.1, -0.05) is 18.2 Å². The molecule has 0 bridgehead atoms. The minimum atomic E-state index is -0.162. The van der Waals surface area contributed by atoms with Crippen molar-refractivity contribution in [3.63, 3.8) is 0 Å². The number of likely N-dealkylation sites (tertiary alicyclic amines) is 1. The SMILES string of the molecule is CCOCCOc1c(C(=O)N2CCCC2COC)sc2c1c(=O)n(C)c1ccccc21. The van der Waals surface area contributed by atoms with Crippen molar-refractivity contribution in [3.05, 3.63) is 39.5 Å². The molecule has 1 aliphatic rings. The quantitative estimate of drug-likeness (QED) is 0.498. The topological polar surface area (TPSA) is 70.0 Å². The van der Waals surface area contributed by atoms with E-state index in [2.05, 4.69) is 0 Å². The van der Waals surface area contributed by atoms with Gasteiger partial charge in [-0.25, -0.2) is 0 Å². The summed E-state index contributed by atoms with van der Waals surface area (Å²) in [4.78, 5) is 29.2. The molecule has 1 aromatic carbocycles. The van der Waals surface area contributed by atoms with Crippen molar-refractivity contribution in [2.75, 3.05) is 40.1 Å². The number of hydrogen-bond donors (Lipinski definition) is 0. The van der Waals surface area contributed by atoms with Gasteiger partial charge in [0.05, 0.1) is 29.5 Å². The summed E-state index contributed by atoms with van der Waals surface area (Å²) in [5.74, 6) is 0.275. The third kappa shape index (κ3) is 3.95. The molecule has 7 nitrogen and oxygen atoms in total. The number of para-hydroxylation sites is 1. The van der Waals surface area contributed by atoms with Gasteiger partial charge < -0.3 is 23.7 Å². The van der Waals surface area contributed by atoms with Gasteiger partial charge >= 0.3 is 0 Å². The van der Waals surface area contributed by atoms with Crippen LogP contribution in [0.3, 0.4) is 0 Å². The molecule has 1 amide bonds. The number of amides is 1. The molecule has 0 N–H and O–H groups in total. The number of rotatable bonds is 8. The van der Waals surface area contributed by atoms with Crippen molar-refractivity contribution in [3.8, 4) is 5.75 Å². The molecule has 1 fully saturated rings. The molecule has 1 atom stereocenters. The maximum atomic E-state index is 13.6. The Morgan fingerprint density at radius 3 is 2.84 bits per heavy atom. The van der Waals surface area contributed by atoms with Gasteiger partial charge in [0.1, 0.15) is 16.9 Å². The van der Waals surface area contributed by atoms with E-state index in [1.165, 1.54) is 11.3 Å². The van der Waals surface area contributed by atoms with Crippen LogP contribution in [0.25, 0.3) is 21.0 Å². The smallest absolute Gasteiger partial charge is 0.268 e. The van der Waals surface area contributed by atoms with Crippen LogP contribution in [-0.4, -0.2) is 61.5 Å². The van der Waals surface area contributed by atoms with Gasteiger partial charge in [-0.15, -0.1) is 11.3 Å². The van der Waals surface area contributed by atoms with Gasteiger partial charge in [0, 0.05) is 32.7 Å². The predicted molar refractivity (Wildman–Crippen MR) is 122 cm³/mol. The molecule has 0 spiro atoms. The lowest BCUT2D eigenvalue weighted by Crippen LogP contribution is -2.37. The molecule has 0 aliphatic carbocycles. The van der Waals surface area contributed by atoms with E-state index in [0.717, 1.165) is 28.4 Å². The molecule has 0 saturated carbocycles. The van der Waals surface area contributed by atoms with Crippen LogP contribution in [0.15, 0.2) is 29.1 Å². The number of thiophene rings is 1. The summed E-state index contributed by atoms with van der Waals surface area (Å²) in [5.41, 5.74) is 0.671. The first-order valence-corrected chi connectivity index (χ1v) is 11.4. The fraction of sp³-hybridized carbons (Fsp3) is 0.478. The standard InChI is InChI=1S/C23H28N2O5S/c1-4-29-12-13-30-19-18-20(16-9-5-6-10-17(16)24(2)22(18)26)31-21(19)23(27)25-11-7-8-15(25)14-28-3/h5-6,9-10,15H,4,7-8,11-14H2,1-3H3. The Morgan fingerprint density at radius 1 is 1.26 bits per heavy atom. The highest BCUT2D eigenvalue weighted by molar-refractivity contribution is 7.22. The highest BCUT2D eigenvalue weighted by Crippen LogP contribution is 2.41. The molecule has 31 heavy (non-hydrogen) atoms. The summed E-state index contributed by atoms with van der Waals surface area (Å²) < 4.78 is 19.2. The molecule has 3 aromatic rings. The van der Waals surface area contributed by atoms with Gasteiger partial charge in [0.2, 0.25) is 0 Å². The maximum absolute atomic E-state index is 13.6. The van der Waals surface area contributed by atoms with E-state index in [0.29, 0.717) is 42.4 Å². The molecule has 1 aliphatic heterocycles. The van der Waals surface area contributed by atoms with Crippen LogP contribution < -0.4 is 10.3 Å². The van der Waals surface area contributed by atoms with E-state index in [1.807, 2.05) is 36.1 Å². The second kappa shape index (κ2) is 9.38. The zero-order chi connectivity index (χ0) is 22.0. The number of aryl methyl sites for hydroxylation is 1. The van der Waals surface area contributed by atoms with Crippen LogP contribution in [0.4, 0.5) is 0 Å². The third-order valence-electron chi connectivity index (χ3n) is 5.76. The van der Waals surface area contributed by atoms with Crippen LogP contribution in [0.1, 0.15) is 29.4 Å². The van der Waals surface area contributed by atoms with Crippen LogP contribution in [0.2, 0.25) is 0 Å². The minimum Gasteiger partial charge on any atom is -0.489 e. The monoisotopic (exact) mass is 444 g/mol. The van der Waals surface area contributed by atoms with Gasteiger partial charge in [0.25, 0.3) is 11.5 Å². The Morgan fingerprint density at radius 2 is 2.06 bits per heavy atom. The van der Waals surface area contributed by atoms with Crippen molar-refractivity contribution in [2.24, 2.45) is 7.05 Å². The fourth-order valence-electron chi connectivity index (χ4n) is 4.26. The highest BCUT2D eigenvalue weighted by atomic mass is 32.1. The number of methoxy groups -OCH3 is 1. The number of carbonyl (C=O) groups is 1. The van der Waals surface area contributed by atoms with E-state index >= 15 is 0 Å². The Hall–Kier alpha value is -2.42. The first kappa shape index (κ1) is 21.8. The summed E-state index contributed by atoms with van der Waals surface area (Å²) >= 11 is 1.34. The first-order valence-electron chi connectivity index (χ1n) is 10.6. The normalized spacial score (nSPS) is 16.5. The minimum absolute atomic E-state index is 0.0403. The number of aromatic nitrogens is 1. The van der Waals surface area contributed by atoms with Crippen LogP contribution in [0, 0.1) is 0 Å². The van der Waals surface area contributed by atoms with Gasteiger partial charge in [-0.3, -0.25) is 9.59 Å². The van der Waals surface area contributed by atoms with Gasteiger partial charge in [-0.05, 0) is 25.8 Å². The molecule has 166 valence electrons. The number of nitrogens with zero attached hydrogens (tertiary/aromatic N) is 2. The average molecular weight is 445 g/mol. The second-order valence-electron chi connectivity index (χ2n) is 7.64. The van der Waals surface area contributed by atoms with E-state index in [1.54, 1.807) is 18.7 Å². The van der Waals surface area contributed by atoms with Crippen molar-refractivity contribution < 1.29 is 19.0 Å². The van der Waals surface area contributed by atoms with E-state index in [-0.39, 0.29) is 24.1 Å². The average Bonchev–Trinajstić information content (AvgIpc) is 3.40. The Balaban J connectivity index is 1.87. The largest absolute Gasteiger partial charge is 0.489 e.